The zero-order chi connectivity index (χ0) is 12.4. The molecule has 1 fully saturated rings. The molecule has 1 saturated heterocycles. The Hall–Kier alpha value is -1.56. The van der Waals surface area contributed by atoms with Crippen LogP contribution in [0.5, 0.6) is 0 Å². The number of nitrogens with one attached hydrogen (secondary N) is 1. The number of nitrogens with two attached hydrogens (primary N) is 1. The van der Waals surface area contributed by atoms with E-state index < -0.39 is 0 Å². The van der Waals surface area contributed by atoms with Gasteiger partial charge in [-0.3, -0.25) is 9.89 Å². The lowest BCUT2D eigenvalue weighted by Gasteiger charge is -2.26. The molecule has 1 aliphatic heterocycles. The third-order valence-electron chi connectivity index (χ3n) is 3.04. The molecule has 0 bridgehead atoms. The fraction of sp³-hybridized carbons (Fsp3) is 0.636. The lowest BCUT2D eigenvalue weighted by Crippen LogP contribution is -2.41. The van der Waals surface area contributed by atoms with E-state index in [0.29, 0.717) is 17.6 Å². The molecule has 6 nitrogen and oxygen atoms in total. The number of H-pyrrole nitrogens is 1. The van der Waals surface area contributed by atoms with Gasteiger partial charge in [0.05, 0.1) is 0 Å². The summed E-state index contributed by atoms with van der Waals surface area (Å²) in [6.45, 7) is 1.71. The summed E-state index contributed by atoms with van der Waals surface area (Å²) in [5.41, 5.74) is 5.99. The van der Waals surface area contributed by atoms with Crippen LogP contribution < -0.4 is 5.73 Å². The first kappa shape index (κ1) is 11.9. The highest BCUT2D eigenvalue weighted by molar-refractivity contribution is 5.93. The lowest BCUT2D eigenvalue weighted by atomic mass is 10.2. The van der Waals surface area contributed by atoms with Crippen molar-refractivity contribution in [1.29, 1.82) is 0 Å². The minimum atomic E-state index is -0.00134. The Morgan fingerprint density at radius 3 is 3.06 bits per heavy atom. The van der Waals surface area contributed by atoms with Crippen molar-refractivity contribution in [3.05, 3.63) is 11.8 Å². The van der Waals surface area contributed by atoms with Crippen molar-refractivity contribution in [2.24, 2.45) is 0 Å². The van der Waals surface area contributed by atoms with Gasteiger partial charge in [-0.1, -0.05) is 0 Å². The summed E-state index contributed by atoms with van der Waals surface area (Å²) in [6.07, 6.45) is 2.13. The molecule has 17 heavy (non-hydrogen) atoms. The number of amides is 1. The molecule has 1 aliphatic rings. The highest BCUT2D eigenvalue weighted by atomic mass is 16.2. The van der Waals surface area contributed by atoms with Gasteiger partial charge in [-0.25, -0.2) is 0 Å². The monoisotopic (exact) mass is 237 g/mol. The van der Waals surface area contributed by atoms with Gasteiger partial charge in [0.15, 0.2) is 0 Å². The molecule has 94 valence electrons. The van der Waals surface area contributed by atoms with E-state index in [-0.39, 0.29) is 5.91 Å². The van der Waals surface area contributed by atoms with Crippen LogP contribution in [0, 0.1) is 0 Å². The quantitative estimate of drug-likeness (QED) is 0.785. The Bertz CT molecular complexity index is 400. The van der Waals surface area contributed by atoms with Crippen molar-refractivity contribution in [2.75, 3.05) is 32.9 Å². The highest BCUT2D eigenvalue weighted by Crippen LogP contribution is 2.20. The smallest absolute Gasteiger partial charge is 0.272 e. The zero-order valence-electron chi connectivity index (χ0n) is 10.3. The number of nitrogen functional groups attached to an aromatic ring is 1. The van der Waals surface area contributed by atoms with Crippen molar-refractivity contribution in [1.82, 2.24) is 20.0 Å². The second-order valence-electron chi connectivity index (χ2n) is 4.76. The van der Waals surface area contributed by atoms with Crippen molar-refractivity contribution < 1.29 is 4.79 Å². The van der Waals surface area contributed by atoms with E-state index in [1.165, 1.54) is 0 Å². The molecular formula is C11H19N5O. The number of hydrogen-bond acceptors (Lipinski definition) is 4. The van der Waals surface area contributed by atoms with Gasteiger partial charge >= 0.3 is 0 Å². The molecule has 1 amide bonds. The number of aromatic amines is 1. The topological polar surface area (TPSA) is 78.2 Å². The minimum Gasteiger partial charge on any atom is -0.382 e. The first-order chi connectivity index (χ1) is 8.08. The molecule has 2 rings (SSSR count). The maximum atomic E-state index is 12.2. The van der Waals surface area contributed by atoms with Crippen LogP contribution >= 0.6 is 0 Å². The van der Waals surface area contributed by atoms with Gasteiger partial charge in [0, 0.05) is 25.2 Å². The van der Waals surface area contributed by atoms with Crippen molar-refractivity contribution in [3.8, 4) is 0 Å². The van der Waals surface area contributed by atoms with Crippen LogP contribution in [0.1, 0.15) is 23.3 Å². The van der Waals surface area contributed by atoms with Gasteiger partial charge in [-0.15, -0.1) is 0 Å². The first-order valence-electron chi connectivity index (χ1n) is 5.84. The molecule has 0 spiro atoms. The predicted molar refractivity (Wildman–Crippen MR) is 65.6 cm³/mol. The maximum Gasteiger partial charge on any atom is 0.272 e. The maximum absolute atomic E-state index is 12.2. The number of likely N-dealkylation sites (tertiary alicyclic amines) is 1. The molecular weight excluding hydrogens is 218 g/mol. The summed E-state index contributed by atoms with van der Waals surface area (Å²) in [5, 5.41) is 6.47. The number of likely N-dealkylation sites (N-methyl/N-ethyl adjacent to an activating group) is 1. The number of aromatic nitrogens is 2. The molecule has 1 aromatic rings. The fourth-order valence-corrected chi connectivity index (χ4v) is 2.32. The molecule has 1 atom stereocenters. The normalized spacial score (nSPS) is 20.2. The largest absolute Gasteiger partial charge is 0.382 e. The average molecular weight is 237 g/mol. The summed E-state index contributed by atoms with van der Waals surface area (Å²) in [4.78, 5) is 16.3. The summed E-state index contributed by atoms with van der Waals surface area (Å²) >= 11 is 0. The van der Waals surface area contributed by atoms with Crippen LogP contribution in [0.15, 0.2) is 6.07 Å². The standard InChI is InChI=1S/C11H19N5O/c1-15(2)7-8-4-3-5-16(8)11(17)9-6-10(12)14-13-9/h6,8H,3-5,7H2,1-2H3,(H3,12,13,14). The van der Waals surface area contributed by atoms with Gasteiger partial charge < -0.3 is 15.5 Å². The molecule has 2 heterocycles. The van der Waals surface area contributed by atoms with E-state index in [1.807, 2.05) is 19.0 Å². The first-order valence-corrected chi connectivity index (χ1v) is 5.84. The molecule has 0 saturated carbocycles. The Balaban J connectivity index is 2.08. The summed E-state index contributed by atoms with van der Waals surface area (Å²) in [6, 6.07) is 1.88. The predicted octanol–water partition coefficient (Wildman–Crippen LogP) is 0.158. The third-order valence-corrected chi connectivity index (χ3v) is 3.04. The molecule has 6 heteroatoms. The van der Waals surface area contributed by atoms with Crippen molar-refractivity contribution >= 4 is 11.7 Å². The molecule has 1 unspecified atom stereocenters. The number of anilines is 1. The second-order valence-corrected chi connectivity index (χ2v) is 4.76. The number of hydrogen-bond donors (Lipinski definition) is 2. The van der Waals surface area contributed by atoms with Crippen LogP contribution in [-0.4, -0.2) is 59.1 Å². The van der Waals surface area contributed by atoms with E-state index >= 15 is 0 Å². The van der Waals surface area contributed by atoms with E-state index in [4.69, 9.17) is 5.73 Å². The molecule has 0 aromatic carbocycles. The van der Waals surface area contributed by atoms with Crippen LogP contribution in [0.25, 0.3) is 0 Å². The van der Waals surface area contributed by atoms with E-state index in [0.717, 1.165) is 25.9 Å². The molecule has 3 N–H and O–H groups in total. The minimum absolute atomic E-state index is 0.00134. The molecule has 1 aromatic heterocycles. The Labute approximate surface area is 101 Å². The summed E-state index contributed by atoms with van der Waals surface area (Å²) < 4.78 is 0. The molecule has 0 aliphatic carbocycles. The number of nitrogens with zero attached hydrogens (tertiary/aromatic N) is 3. The SMILES string of the molecule is CN(C)CC1CCCN1C(=O)c1cc(N)n[nH]1. The van der Waals surface area contributed by atoms with Crippen molar-refractivity contribution in [3.63, 3.8) is 0 Å². The van der Waals surface area contributed by atoms with Crippen LogP contribution in [0.2, 0.25) is 0 Å². The second kappa shape index (κ2) is 4.75. The van der Waals surface area contributed by atoms with Gasteiger partial charge in [0.2, 0.25) is 0 Å². The van der Waals surface area contributed by atoms with E-state index in [2.05, 4.69) is 15.1 Å². The Morgan fingerprint density at radius 1 is 1.71 bits per heavy atom. The van der Waals surface area contributed by atoms with Crippen molar-refractivity contribution in [2.45, 2.75) is 18.9 Å². The van der Waals surface area contributed by atoms with Gasteiger partial charge in [0.1, 0.15) is 11.5 Å². The van der Waals surface area contributed by atoms with Gasteiger partial charge in [-0.2, -0.15) is 5.10 Å². The highest BCUT2D eigenvalue weighted by Gasteiger charge is 2.30. The van der Waals surface area contributed by atoms with Gasteiger partial charge in [0.25, 0.3) is 5.91 Å². The summed E-state index contributed by atoms with van der Waals surface area (Å²) in [7, 11) is 4.05. The van der Waals surface area contributed by atoms with Crippen LogP contribution in [-0.2, 0) is 0 Å². The molecule has 0 radical (unpaired) electrons. The zero-order valence-corrected chi connectivity index (χ0v) is 10.3. The van der Waals surface area contributed by atoms with Crippen LogP contribution in [0.4, 0.5) is 5.82 Å². The van der Waals surface area contributed by atoms with E-state index in [1.54, 1.807) is 6.07 Å². The fourth-order valence-electron chi connectivity index (χ4n) is 2.32. The number of carbonyl (C=O) groups is 1. The number of rotatable bonds is 3. The Morgan fingerprint density at radius 2 is 2.47 bits per heavy atom. The average Bonchev–Trinajstić information content (AvgIpc) is 2.85. The van der Waals surface area contributed by atoms with Gasteiger partial charge in [-0.05, 0) is 26.9 Å². The number of carbonyl (C=O) groups excluding carboxylic acids is 1. The summed E-state index contributed by atoms with van der Waals surface area (Å²) in [5.74, 6) is 0.357. The lowest BCUT2D eigenvalue weighted by molar-refractivity contribution is 0.0710. The van der Waals surface area contributed by atoms with E-state index in [9.17, 15) is 4.79 Å². The Kier molecular flexibility index (Phi) is 3.33. The van der Waals surface area contributed by atoms with Crippen LogP contribution in [0.3, 0.4) is 0 Å². The third kappa shape index (κ3) is 2.58.